The number of thiazole rings is 1. The number of carboxylic acids is 1. The predicted molar refractivity (Wildman–Crippen MR) is 70.3 cm³/mol. The fraction of sp³-hybridized carbons (Fsp3) is 0.333. The Hall–Kier alpha value is -1.13. The largest absolute Gasteiger partial charge is 0.478 e. The number of rotatable bonds is 1. The zero-order valence-electron chi connectivity index (χ0n) is 9.74. The van der Waals surface area contributed by atoms with Gasteiger partial charge in [0.15, 0.2) is 0 Å². The number of carboxylic acid groups (broad SMARTS) is 1. The summed E-state index contributed by atoms with van der Waals surface area (Å²) in [6.07, 6.45) is 0. The minimum absolute atomic E-state index is 0.0913. The average molecular weight is 270 g/mol. The summed E-state index contributed by atoms with van der Waals surface area (Å²) in [5.74, 6) is -0.997. The Balaban J connectivity index is 2.76. The molecule has 90 valence electrons. The van der Waals surface area contributed by atoms with Crippen molar-refractivity contribution in [1.29, 1.82) is 0 Å². The van der Waals surface area contributed by atoms with Gasteiger partial charge in [0.2, 0.25) is 0 Å². The summed E-state index contributed by atoms with van der Waals surface area (Å²) < 4.78 is 0.819. The van der Waals surface area contributed by atoms with Gasteiger partial charge in [-0.05, 0) is 12.1 Å². The maximum absolute atomic E-state index is 11.1. The number of fused-ring (bicyclic) bond motifs is 1. The fourth-order valence-electron chi connectivity index (χ4n) is 1.48. The SMILES string of the molecule is CC(C)(C)c1nc2c(C(=O)O)cc(Cl)cc2s1. The van der Waals surface area contributed by atoms with Crippen molar-refractivity contribution in [2.24, 2.45) is 0 Å². The van der Waals surface area contributed by atoms with Crippen LogP contribution >= 0.6 is 22.9 Å². The lowest BCUT2D eigenvalue weighted by molar-refractivity contribution is 0.0699. The first-order valence-electron chi connectivity index (χ1n) is 5.13. The van der Waals surface area contributed by atoms with Crippen molar-refractivity contribution in [2.45, 2.75) is 26.2 Å². The van der Waals surface area contributed by atoms with Gasteiger partial charge in [0.1, 0.15) is 0 Å². The first-order chi connectivity index (χ1) is 7.79. The highest BCUT2D eigenvalue weighted by atomic mass is 35.5. The van der Waals surface area contributed by atoms with Crippen molar-refractivity contribution in [2.75, 3.05) is 0 Å². The number of carbonyl (C=O) groups is 1. The predicted octanol–water partition coefficient (Wildman–Crippen LogP) is 3.95. The molecular formula is C12H12ClNO2S. The van der Waals surface area contributed by atoms with Gasteiger partial charge in [-0.25, -0.2) is 9.78 Å². The summed E-state index contributed by atoms with van der Waals surface area (Å²) >= 11 is 7.40. The minimum atomic E-state index is -0.997. The number of benzene rings is 1. The Labute approximate surface area is 108 Å². The van der Waals surface area contributed by atoms with Crippen LogP contribution in [0.4, 0.5) is 0 Å². The molecule has 1 N–H and O–H groups in total. The van der Waals surface area contributed by atoms with Gasteiger partial charge in [-0.3, -0.25) is 0 Å². The van der Waals surface area contributed by atoms with E-state index in [1.54, 1.807) is 6.07 Å². The molecule has 3 nitrogen and oxygen atoms in total. The minimum Gasteiger partial charge on any atom is -0.478 e. The van der Waals surface area contributed by atoms with Crippen molar-refractivity contribution in [3.05, 3.63) is 27.7 Å². The lowest BCUT2D eigenvalue weighted by Gasteiger charge is -2.13. The van der Waals surface area contributed by atoms with Gasteiger partial charge in [0.25, 0.3) is 0 Å². The second kappa shape index (κ2) is 3.96. The van der Waals surface area contributed by atoms with Crippen LogP contribution in [-0.4, -0.2) is 16.1 Å². The fourth-order valence-corrected chi connectivity index (χ4v) is 2.85. The molecule has 0 aliphatic carbocycles. The lowest BCUT2D eigenvalue weighted by atomic mass is 9.98. The van der Waals surface area contributed by atoms with Gasteiger partial charge in [0, 0.05) is 10.4 Å². The van der Waals surface area contributed by atoms with Gasteiger partial charge in [-0.15, -0.1) is 11.3 Å². The van der Waals surface area contributed by atoms with E-state index in [-0.39, 0.29) is 11.0 Å². The van der Waals surface area contributed by atoms with Crippen molar-refractivity contribution < 1.29 is 9.90 Å². The maximum atomic E-state index is 11.1. The van der Waals surface area contributed by atoms with Crippen LogP contribution in [0.15, 0.2) is 12.1 Å². The molecule has 1 aromatic heterocycles. The molecule has 0 aliphatic rings. The normalized spacial score (nSPS) is 12.0. The molecular weight excluding hydrogens is 258 g/mol. The van der Waals surface area contributed by atoms with E-state index in [2.05, 4.69) is 4.98 Å². The van der Waals surface area contributed by atoms with Crippen molar-refractivity contribution in [3.8, 4) is 0 Å². The lowest BCUT2D eigenvalue weighted by Crippen LogP contribution is -2.10. The first kappa shape index (κ1) is 12.3. The molecule has 0 fully saturated rings. The molecule has 0 spiro atoms. The highest BCUT2D eigenvalue weighted by Gasteiger charge is 2.21. The van der Waals surface area contributed by atoms with Crippen molar-refractivity contribution in [3.63, 3.8) is 0 Å². The Morgan fingerprint density at radius 1 is 1.41 bits per heavy atom. The molecule has 1 aromatic carbocycles. The molecule has 1 heterocycles. The number of hydrogen-bond donors (Lipinski definition) is 1. The van der Waals surface area contributed by atoms with Crippen LogP contribution in [0.2, 0.25) is 5.02 Å². The summed E-state index contributed by atoms with van der Waals surface area (Å²) in [7, 11) is 0. The number of aromatic carboxylic acids is 1. The number of aromatic nitrogens is 1. The smallest absolute Gasteiger partial charge is 0.338 e. The molecule has 0 aliphatic heterocycles. The topological polar surface area (TPSA) is 50.2 Å². The molecule has 17 heavy (non-hydrogen) atoms. The van der Waals surface area contributed by atoms with E-state index < -0.39 is 5.97 Å². The van der Waals surface area contributed by atoms with Crippen LogP contribution in [0.25, 0.3) is 10.2 Å². The highest BCUT2D eigenvalue weighted by molar-refractivity contribution is 7.18. The molecule has 0 atom stereocenters. The van der Waals surface area contributed by atoms with Crippen LogP contribution in [-0.2, 0) is 5.41 Å². The quantitative estimate of drug-likeness (QED) is 0.853. The second-order valence-corrected chi connectivity index (χ2v) is 6.34. The van der Waals surface area contributed by atoms with Gasteiger partial charge in [0.05, 0.1) is 20.8 Å². The number of nitrogens with zero attached hydrogens (tertiary/aromatic N) is 1. The van der Waals surface area contributed by atoms with E-state index in [0.717, 1.165) is 9.71 Å². The standard InChI is InChI=1S/C12H12ClNO2S/c1-12(2,3)11-14-9-7(10(15)16)4-6(13)5-8(9)17-11/h4-5H,1-3H3,(H,15,16). The zero-order valence-corrected chi connectivity index (χ0v) is 11.3. The third kappa shape index (κ3) is 2.28. The number of hydrogen-bond acceptors (Lipinski definition) is 3. The van der Waals surface area contributed by atoms with Crippen LogP contribution in [0.1, 0.15) is 36.1 Å². The molecule has 0 bridgehead atoms. The molecule has 0 saturated heterocycles. The monoisotopic (exact) mass is 269 g/mol. The number of halogens is 1. The van der Waals surface area contributed by atoms with Gasteiger partial charge < -0.3 is 5.11 Å². The van der Waals surface area contributed by atoms with Crippen LogP contribution in [0, 0.1) is 0 Å². The van der Waals surface area contributed by atoms with E-state index in [9.17, 15) is 4.79 Å². The summed E-state index contributed by atoms with van der Waals surface area (Å²) in [4.78, 5) is 15.6. The summed E-state index contributed by atoms with van der Waals surface area (Å²) in [5, 5.41) is 10.5. The molecule has 0 radical (unpaired) electrons. The van der Waals surface area contributed by atoms with E-state index in [0.29, 0.717) is 10.5 Å². The van der Waals surface area contributed by atoms with Crippen LogP contribution in [0.5, 0.6) is 0 Å². The summed E-state index contributed by atoms with van der Waals surface area (Å²) in [5.41, 5.74) is 0.599. The van der Waals surface area contributed by atoms with Crippen LogP contribution in [0.3, 0.4) is 0 Å². The van der Waals surface area contributed by atoms with Crippen molar-refractivity contribution >= 4 is 39.1 Å². The third-order valence-electron chi connectivity index (χ3n) is 2.33. The second-order valence-electron chi connectivity index (χ2n) is 4.87. The molecule has 2 rings (SSSR count). The van der Waals surface area contributed by atoms with Crippen molar-refractivity contribution in [1.82, 2.24) is 4.98 Å². The zero-order chi connectivity index (χ0) is 12.8. The van der Waals surface area contributed by atoms with E-state index in [1.165, 1.54) is 17.4 Å². The van der Waals surface area contributed by atoms with Gasteiger partial charge in [-0.2, -0.15) is 0 Å². The first-order valence-corrected chi connectivity index (χ1v) is 6.32. The Morgan fingerprint density at radius 3 is 2.59 bits per heavy atom. The molecule has 5 heteroatoms. The highest BCUT2D eigenvalue weighted by Crippen LogP contribution is 2.34. The Bertz CT molecular complexity index is 598. The molecule has 0 unspecified atom stereocenters. The third-order valence-corrected chi connectivity index (χ3v) is 3.98. The Morgan fingerprint density at radius 2 is 2.06 bits per heavy atom. The van der Waals surface area contributed by atoms with E-state index in [4.69, 9.17) is 16.7 Å². The summed E-state index contributed by atoms with van der Waals surface area (Å²) in [6.45, 7) is 6.15. The van der Waals surface area contributed by atoms with Gasteiger partial charge in [-0.1, -0.05) is 32.4 Å². The average Bonchev–Trinajstić information content (AvgIpc) is 2.58. The van der Waals surface area contributed by atoms with E-state index in [1.807, 2.05) is 20.8 Å². The van der Waals surface area contributed by atoms with Gasteiger partial charge >= 0.3 is 5.97 Å². The Kier molecular flexibility index (Phi) is 2.87. The van der Waals surface area contributed by atoms with E-state index >= 15 is 0 Å². The molecule has 2 aromatic rings. The molecule has 0 amide bonds. The maximum Gasteiger partial charge on any atom is 0.338 e. The molecule has 0 saturated carbocycles. The van der Waals surface area contributed by atoms with Crippen LogP contribution < -0.4 is 0 Å². The summed E-state index contributed by atoms with van der Waals surface area (Å²) in [6, 6.07) is 3.20.